The van der Waals surface area contributed by atoms with Crippen molar-refractivity contribution in [2.24, 2.45) is 5.73 Å². The van der Waals surface area contributed by atoms with Gasteiger partial charge >= 0.3 is 15.2 Å². The SMILES string of the molecule is NCCNCCNC(P(=O)(O)O)P(=O)(O)O. The monoisotopic (exact) mass is 277 g/mol. The molecule has 0 heterocycles. The van der Waals surface area contributed by atoms with Crippen LogP contribution in [0.15, 0.2) is 0 Å². The van der Waals surface area contributed by atoms with Crippen LogP contribution in [0.25, 0.3) is 0 Å². The van der Waals surface area contributed by atoms with Gasteiger partial charge in [0.2, 0.25) is 5.52 Å². The minimum atomic E-state index is -4.88. The van der Waals surface area contributed by atoms with Gasteiger partial charge in [0.25, 0.3) is 0 Å². The topological polar surface area (TPSA) is 165 Å². The molecule has 9 nitrogen and oxygen atoms in total. The van der Waals surface area contributed by atoms with Crippen molar-refractivity contribution in [3.63, 3.8) is 0 Å². The van der Waals surface area contributed by atoms with Crippen molar-refractivity contribution >= 4 is 15.2 Å². The van der Waals surface area contributed by atoms with Crippen molar-refractivity contribution in [1.82, 2.24) is 10.6 Å². The van der Waals surface area contributed by atoms with Crippen LogP contribution in [-0.4, -0.2) is 51.3 Å². The largest absolute Gasteiger partial charge is 0.354 e. The van der Waals surface area contributed by atoms with E-state index in [1.807, 2.05) is 0 Å². The molecular formula is C5H17N3O6P2. The Labute approximate surface area is 92.7 Å². The molecule has 0 saturated heterocycles. The molecule has 98 valence electrons. The molecule has 0 unspecified atom stereocenters. The summed E-state index contributed by atoms with van der Waals surface area (Å²) in [6.07, 6.45) is 0. The van der Waals surface area contributed by atoms with Crippen molar-refractivity contribution in [1.29, 1.82) is 0 Å². The van der Waals surface area contributed by atoms with Crippen molar-refractivity contribution in [2.75, 3.05) is 26.2 Å². The van der Waals surface area contributed by atoms with Gasteiger partial charge in [-0.25, -0.2) is 0 Å². The van der Waals surface area contributed by atoms with E-state index in [-0.39, 0.29) is 6.54 Å². The standard InChI is InChI=1S/C5H17N3O6P2/c6-1-2-7-3-4-8-5(15(9,10)11)16(12,13)14/h5,7-8H,1-4,6H2,(H2,9,10,11)(H2,12,13,14). The molecule has 16 heavy (non-hydrogen) atoms. The summed E-state index contributed by atoms with van der Waals surface area (Å²) in [6.45, 7) is 1.23. The van der Waals surface area contributed by atoms with Crippen LogP contribution < -0.4 is 16.4 Å². The summed E-state index contributed by atoms with van der Waals surface area (Å²) in [4.78, 5) is 34.9. The first-order valence-electron chi connectivity index (χ1n) is 4.44. The average molecular weight is 277 g/mol. The Hall–Kier alpha value is 0.180. The zero-order valence-corrected chi connectivity index (χ0v) is 10.3. The van der Waals surface area contributed by atoms with E-state index in [1.54, 1.807) is 0 Å². The minimum Gasteiger partial charge on any atom is -0.329 e. The fourth-order valence-corrected chi connectivity index (χ4v) is 3.25. The number of hydrogen-bond acceptors (Lipinski definition) is 5. The summed E-state index contributed by atoms with van der Waals surface area (Å²) >= 11 is 0. The highest BCUT2D eigenvalue weighted by atomic mass is 31.2. The molecule has 11 heteroatoms. The van der Waals surface area contributed by atoms with E-state index in [9.17, 15) is 9.13 Å². The van der Waals surface area contributed by atoms with Gasteiger partial charge in [-0.05, 0) is 0 Å². The molecule has 0 bridgehead atoms. The van der Waals surface area contributed by atoms with Gasteiger partial charge in [0, 0.05) is 26.2 Å². The lowest BCUT2D eigenvalue weighted by Gasteiger charge is -2.20. The lowest BCUT2D eigenvalue weighted by Crippen LogP contribution is -2.36. The lowest BCUT2D eigenvalue weighted by molar-refractivity contribution is 0.328. The van der Waals surface area contributed by atoms with E-state index in [2.05, 4.69) is 10.6 Å². The first kappa shape index (κ1) is 16.2. The molecule has 0 aliphatic heterocycles. The smallest absolute Gasteiger partial charge is 0.329 e. The summed E-state index contributed by atoms with van der Waals surface area (Å²) < 4.78 is 21.6. The van der Waals surface area contributed by atoms with Crippen LogP contribution in [0.4, 0.5) is 0 Å². The van der Waals surface area contributed by atoms with Gasteiger partial charge in [-0.2, -0.15) is 0 Å². The number of nitrogens with one attached hydrogen (secondary N) is 2. The highest BCUT2D eigenvalue weighted by Crippen LogP contribution is 2.58. The fraction of sp³-hybridized carbons (Fsp3) is 1.00. The lowest BCUT2D eigenvalue weighted by atomic mass is 10.5. The van der Waals surface area contributed by atoms with Gasteiger partial charge in [-0.1, -0.05) is 0 Å². The highest BCUT2D eigenvalue weighted by molar-refractivity contribution is 7.70. The zero-order valence-electron chi connectivity index (χ0n) is 8.48. The first-order valence-corrected chi connectivity index (χ1v) is 7.80. The van der Waals surface area contributed by atoms with Crippen LogP contribution >= 0.6 is 15.2 Å². The fourth-order valence-electron chi connectivity index (χ4n) is 0.951. The third-order valence-corrected chi connectivity index (χ3v) is 5.03. The molecular weight excluding hydrogens is 260 g/mol. The van der Waals surface area contributed by atoms with Gasteiger partial charge in [-0.15, -0.1) is 0 Å². The Morgan fingerprint density at radius 2 is 1.50 bits per heavy atom. The van der Waals surface area contributed by atoms with Crippen LogP contribution in [-0.2, 0) is 9.13 Å². The van der Waals surface area contributed by atoms with E-state index in [4.69, 9.17) is 25.3 Å². The summed E-state index contributed by atoms with van der Waals surface area (Å²) in [6, 6.07) is 0. The number of hydrogen-bond donors (Lipinski definition) is 7. The molecule has 0 spiro atoms. The van der Waals surface area contributed by atoms with Gasteiger partial charge in [0.15, 0.2) is 0 Å². The maximum Gasteiger partial charge on any atom is 0.354 e. The summed E-state index contributed by atoms with van der Waals surface area (Å²) in [7, 11) is -9.76. The summed E-state index contributed by atoms with van der Waals surface area (Å²) in [5.41, 5.74) is 3.02. The number of nitrogens with two attached hydrogens (primary N) is 1. The Morgan fingerprint density at radius 3 is 1.88 bits per heavy atom. The second-order valence-corrected chi connectivity index (χ2v) is 6.84. The quantitative estimate of drug-likeness (QED) is 0.192. The zero-order chi connectivity index (χ0) is 12.8. The van der Waals surface area contributed by atoms with E-state index in [0.717, 1.165) is 0 Å². The molecule has 0 aliphatic carbocycles. The van der Waals surface area contributed by atoms with Crippen LogP contribution in [0.1, 0.15) is 0 Å². The van der Waals surface area contributed by atoms with Crippen molar-refractivity contribution < 1.29 is 28.7 Å². The maximum atomic E-state index is 10.8. The Morgan fingerprint density at radius 1 is 1.00 bits per heavy atom. The second kappa shape index (κ2) is 6.80. The maximum absolute atomic E-state index is 10.8. The average Bonchev–Trinajstić information content (AvgIpc) is 2.06. The highest BCUT2D eigenvalue weighted by Gasteiger charge is 2.42. The molecule has 0 aromatic heterocycles. The molecule has 0 atom stereocenters. The third-order valence-electron chi connectivity index (χ3n) is 1.59. The van der Waals surface area contributed by atoms with E-state index >= 15 is 0 Å². The van der Waals surface area contributed by atoms with Crippen LogP contribution in [0.3, 0.4) is 0 Å². The summed E-state index contributed by atoms with van der Waals surface area (Å²) in [5.74, 6) is 0. The predicted molar refractivity (Wildman–Crippen MR) is 57.8 cm³/mol. The second-order valence-electron chi connectivity index (χ2n) is 3.04. The Balaban J connectivity index is 4.17. The summed E-state index contributed by atoms with van der Waals surface area (Å²) in [5, 5.41) is 4.93. The minimum absolute atomic E-state index is 0.0148. The van der Waals surface area contributed by atoms with E-state index in [0.29, 0.717) is 19.6 Å². The Bertz CT molecular complexity index is 266. The molecule has 0 fully saturated rings. The van der Waals surface area contributed by atoms with E-state index < -0.39 is 20.7 Å². The van der Waals surface area contributed by atoms with Gasteiger partial charge in [0.1, 0.15) is 0 Å². The molecule has 0 aromatic rings. The van der Waals surface area contributed by atoms with Crippen LogP contribution in [0.5, 0.6) is 0 Å². The van der Waals surface area contributed by atoms with Gasteiger partial charge < -0.3 is 30.6 Å². The molecule has 8 N–H and O–H groups in total. The third kappa shape index (κ3) is 6.70. The van der Waals surface area contributed by atoms with Crippen molar-refractivity contribution in [3.05, 3.63) is 0 Å². The van der Waals surface area contributed by atoms with E-state index in [1.165, 1.54) is 0 Å². The first-order chi connectivity index (χ1) is 7.19. The molecule has 0 rings (SSSR count). The molecule has 0 radical (unpaired) electrons. The predicted octanol–water partition coefficient (Wildman–Crippen LogP) is -2.24. The normalized spacial score (nSPS) is 13.4. The molecule has 0 saturated carbocycles. The number of rotatable bonds is 8. The van der Waals surface area contributed by atoms with Crippen LogP contribution in [0, 0.1) is 0 Å². The van der Waals surface area contributed by atoms with Gasteiger partial charge in [-0.3, -0.25) is 14.4 Å². The van der Waals surface area contributed by atoms with Gasteiger partial charge in [0.05, 0.1) is 0 Å². The van der Waals surface area contributed by atoms with Crippen LogP contribution in [0.2, 0.25) is 0 Å². The Kier molecular flexibility index (Phi) is 6.88. The van der Waals surface area contributed by atoms with Crippen molar-refractivity contribution in [3.8, 4) is 0 Å². The molecule has 0 aromatic carbocycles. The molecule has 0 amide bonds. The van der Waals surface area contributed by atoms with Crippen molar-refractivity contribution in [2.45, 2.75) is 5.52 Å². The molecule has 0 aliphatic rings.